The van der Waals surface area contributed by atoms with Crippen LogP contribution in [-0.4, -0.2) is 22.6 Å². The molecule has 0 spiro atoms. The number of benzene rings is 1. The summed E-state index contributed by atoms with van der Waals surface area (Å²) in [6.07, 6.45) is -0.827. The first-order valence-corrected chi connectivity index (χ1v) is 4.74. The van der Waals surface area contributed by atoms with Gasteiger partial charge in [0, 0.05) is 13.1 Å². The molecule has 3 nitrogen and oxygen atoms in total. The van der Waals surface area contributed by atoms with Crippen LogP contribution in [0.15, 0.2) is 24.3 Å². The monoisotopic (exact) mass is 191 g/mol. The van der Waals surface area contributed by atoms with Crippen LogP contribution in [0, 0.1) is 0 Å². The van der Waals surface area contributed by atoms with Gasteiger partial charge >= 0.3 is 6.09 Å². The summed E-state index contributed by atoms with van der Waals surface area (Å²) in [6.45, 7) is 3.19. The summed E-state index contributed by atoms with van der Waals surface area (Å²) in [6, 6.07) is 8.04. The number of nitrogens with zero attached hydrogens (tertiary/aromatic N) is 1. The number of hydrogen-bond donors (Lipinski definition) is 1. The van der Waals surface area contributed by atoms with Crippen molar-refractivity contribution in [3.05, 3.63) is 35.4 Å². The Morgan fingerprint density at radius 3 is 2.93 bits per heavy atom. The normalized spacial score (nSPS) is 20.4. The molecule has 0 saturated heterocycles. The highest BCUT2D eigenvalue weighted by molar-refractivity contribution is 5.65. The molecule has 14 heavy (non-hydrogen) atoms. The summed E-state index contributed by atoms with van der Waals surface area (Å²) >= 11 is 0. The average molecular weight is 191 g/mol. The predicted octanol–water partition coefficient (Wildman–Crippen LogP) is 2.28. The quantitative estimate of drug-likeness (QED) is 0.683. The van der Waals surface area contributed by atoms with Gasteiger partial charge in [-0.05, 0) is 17.0 Å². The fourth-order valence-electron chi connectivity index (χ4n) is 2.00. The maximum atomic E-state index is 10.8. The smallest absolute Gasteiger partial charge is 0.407 e. The van der Waals surface area contributed by atoms with Gasteiger partial charge in [0.2, 0.25) is 0 Å². The molecule has 1 heterocycles. The van der Waals surface area contributed by atoms with Gasteiger partial charge in [-0.2, -0.15) is 0 Å². The predicted molar refractivity (Wildman–Crippen MR) is 53.3 cm³/mol. The van der Waals surface area contributed by atoms with E-state index in [1.165, 1.54) is 10.5 Å². The van der Waals surface area contributed by atoms with Gasteiger partial charge in [-0.1, -0.05) is 31.2 Å². The number of fused-ring (bicyclic) bond motifs is 1. The molecule has 0 saturated carbocycles. The summed E-state index contributed by atoms with van der Waals surface area (Å²) < 4.78 is 0. The van der Waals surface area contributed by atoms with Crippen LogP contribution in [0.3, 0.4) is 0 Å². The Labute approximate surface area is 83.0 Å². The highest BCUT2D eigenvalue weighted by atomic mass is 16.4. The van der Waals surface area contributed by atoms with Crippen LogP contribution in [0.4, 0.5) is 4.79 Å². The Morgan fingerprint density at radius 2 is 2.21 bits per heavy atom. The second-order valence-corrected chi connectivity index (χ2v) is 3.76. The molecule has 0 aliphatic carbocycles. The zero-order valence-corrected chi connectivity index (χ0v) is 8.10. The second kappa shape index (κ2) is 3.33. The van der Waals surface area contributed by atoms with E-state index < -0.39 is 6.09 Å². The molecular formula is C11H13NO2. The standard InChI is InChI=1S/C11H13NO2/c1-8-6-12(11(13)14)7-9-4-2-3-5-10(8)9/h2-5,8H,6-7H2,1H3,(H,13,14)/t8-/m0/s1. The lowest BCUT2D eigenvalue weighted by Crippen LogP contribution is -2.36. The van der Waals surface area contributed by atoms with Gasteiger partial charge in [0.15, 0.2) is 0 Å². The van der Waals surface area contributed by atoms with Gasteiger partial charge in [0.05, 0.1) is 0 Å². The molecule has 1 aliphatic rings. The second-order valence-electron chi connectivity index (χ2n) is 3.76. The Hall–Kier alpha value is -1.51. The Kier molecular flexibility index (Phi) is 2.15. The molecule has 1 aromatic carbocycles. The summed E-state index contributed by atoms with van der Waals surface area (Å²) in [4.78, 5) is 12.3. The zero-order chi connectivity index (χ0) is 10.1. The van der Waals surface area contributed by atoms with Gasteiger partial charge in [-0.15, -0.1) is 0 Å². The largest absolute Gasteiger partial charge is 0.465 e. The molecule has 0 radical (unpaired) electrons. The molecule has 0 aromatic heterocycles. The van der Waals surface area contributed by atoms with Crippen LogP contribution < -0.4 is 0 Å². The number of carbonyl (C=O) groups is 1. The molecular weight excluding hydrogens is 178 g/mol. The SMILES string of the molecule is C[C@H]1CN(C(=O)O)Cc2ccccc21. The Bertz CT molecular complexity index is 362. The first kappa shape index (κ1) is 9.06. The van der Waals surface area contributed by atoms with Crippen molar-refractivity contribution < 1.29 is 9.90 Å². The van der Waals surface area contributed by atoms with Gasteiger partial charge in [0.1, 0.15) is 0 Å². The van der Waals surface area contributed by atoms with Gasteiger partial charge in [0.25, 0.3) is 0 Å². The number of carboxylic acid groups (broad SMARTS) is 1. The summed E-state index contributed by atoms with van der Waals surface area (Å²) in [5, 5.41) is 8.91. The molecule has 1 aromatic rings. The Balaban J connectivity index is 2.33. The lowest BCUT2D eigenvalue weighted by atomic mass is 9.91. The molecule has 0 bridgehead atoms. The van der Waals surface area contributed by atoms with Gasteiger partial charge < -0.3 is 10.0 Å². The molecule has 0 fully saturated rings. The first-order chi connectivity index (χ1) is 6.68. The van der Waals surface area contributed by atoms with E-state index in [2.05, 4.69) is 13.0 Å². The number of amides is 1. The van der Waals surface area contributed by atoms with Crippen LogP contribution >= 0.6 is 0 Å². The fraction of sp³-hybridized carbons (Fsp3) is 0.364. The summed E-state index contributed by atoms with van der Waals surface area (Å²) in [5.74, 6) is 0.302. The van der Waals surface area contributed by atoms with Crippen LogP contribution in [0.25, 0.3) is 0 Å². The first-order valence-electron chi connectivity index (χ1n) is 4.74. The third-order valence-electron chi connectivity index (χ3n) is 2.71. The molecule has 2 rings (SSSR count). The van der Waals surface area contributed by atoms with Crippen LogP contribution in [-0.2, 0) is 6.54 Å². The molecule has 1 aliphatic heterocycles. The molecule has 3 heteroatoms. The maximum absolute atomic E-state index is 10.8. The van der Waals surface area contributed by atoms with E-state index >= 15 is 0 Å². The highest BCUT2D eigenvalue weighted by Crippen LogP contribution is 2.27. The van der Waals surface area contributed by atoms with Crippen molar-refractivity contribution in [3.8, 4) is 0 Å². The fourth-order valence-corrected chi connectivity index (χ4v) is 2.00. The summed E-state index contributed by atoms with van der Waals surface area (Å²) in [7, 11) is 0. The van der Waals surface area contributed by atoms with E-state index in [0.717, 1.165) is 5.56 Å². The van der Waals surface area contributed by atoms with Crippen molar-refractivity contribution in [2.75, 3.05) is 6.54 Å². The summed E-state index contributed by atoms with van der Waals surface area (Å²) in [5.41, 5.74) is 2.42. The van der Waals surface area contributed by atoms with Gasteiger partial charge in [-0.25, -0.2) is 4.79 Å². The minimum atomic E-state index is -0.827. The van der Waals surface area contributed by atoms with Crippen molar-refractivity contribution in [1.29, 1.82) is 0 Å². The topological polar surface area (TPSA) is 40.5 Å². The van der Waals surface area contributed by atoms with Crippen LogP contribution in [0.5, 0.6) is 0 Å². The van der Waals surface area contributed by atoms with Crippen molar-refractivity contribution >= 4 is 6.09 Å². The minimum Gasteiger partial charge on any atom is -0.465 e. The molecule has 1 N–H and O–H groups in total. The van der Waals surface area contributed by atoms with E-state index in [1.807, 2.05) is 18.2 Å². The van der Waals surface area contributed by atoms with Gasteiger partial charge in [-0.3, -0.25) is 0 Å². The van der Waals surface area contributed by atoms with Crippen molar-refractivity contribution in [1.82, 2.24) is 4.90 Å². The molecule has 1 atom stereocenters. The minimum absolute atomic E-state index is 0.302. The van der Waals surface area contributed by atoms with Crippen molar-refractivity contribution in [2.45, 2.75) is 19.4 Å². The highest BCUT2D eigenvalue weighted by Gasteiger charge is 2.24. The van der Waals surface area contributed by atoms with Crippen LogP contribution in [0.2, 0.25) is 0 Å². The van der Waals surface area contributed by atoms with E-state index in [9.17, 15) is 4.79 Å². The van der Waals surface area contributed by atoms with Crippen LogP contribution in [0.1, 0.15) is 24.0 Å². The zero-order valence-electron chi connectivity index (χ0n) is 8.10. The van der Waals surface area contributed by atoms with Crippen molar-refractivity contribution in [2.24, 2.45) is 0 Å². The average Bonchev–Trinajstić information content (AvgIpc) is 2.17. The molecule has 74 valence electrons. The van der Waals surface area contributed by atoms with E-state index in [0.29, 0.717) is 19.0 Å². The van der Waals surface area contributed by atoms with E-state index in [1.54, 1.807) is 0 Å². The lowest BCUT2D eigenvalue weighted by Gasteiger charge is -2.30. The lowest BCUT2D eigenvalue weighted by molar-refractivity contribution is 0.136. The number of rotatable bonds is 0. The Morgan fingerprint density at radius 1 is 1.50 bits per heavy atom. The van der Waals surface area contributed by atoms with E-state index in [4.69, 9.17) is 5.11 Å². The third kappa shape index (κ3) is 1.45. The number of hydrogen-bond acceptors (Lipinski definition) is 1. The van der Waals surface area contributed by atoms with E-state index in [-0.39, 0.29) is 0 Å². The molecule has 1 amide bonds. The molecule has 0 unspecified atom stereocenters. The maximum Gasteiger partial charge on any atom is 0.407 e. The van der Waals surface area contributed by atoms with Crippen molar-refractivity contribution in [3.63, 3.8) is 0 Å². The third-order valence-corrected chi connectivity index (χ3v) is 2.71.